The molecule has 3 rings (SSSR count). The molecule has 0 fully saturated rings. The number of amides is 1. The van der Waals surface area contributed by atoms with E-state index in [1.807, 2.05) is 36.4 Å². The minimum absolute atomic E-state index is 0.265. The monoisotopic (exact) mass is 309 g/mol. The van der Waals surface area contributed by atoms with E-state index in [4.69, 9.17) is 4.74 Å². The lowest BCUT2D eigenvalue weighted by Gasteiger charge is -2.17. The quantitative estimate of drug-likeness (QED) is 0.884. The van der Waals surface area contributed by atoms with Crippen LogP contribution >= 0.6 is 0 Å². The van der Waals surface area contributed by atoms with Gasteiger partial charge in [0.05, 0.1) is 7.11 Å². The first-order valence-electron chi connectivity index (χ1n) is 7.74. The molecule has 4 heteroatoms. The summed E-state index contributed by atoms with van der Waals surface area (Å²) >= 11 is 0. The lowest BCUT2D eigenvalue weighted by atomic mass is 10.0. The van der Waals surface area contributed by atoms with Gasteiger partial charge in [0.2, 0.25) is 0 Å². The Hall–Kier alpha value is -2.62. The molecule has 0 heterocycles. The number of hydrogen-bond acceptors (Lipinski definition) is 3. The molecule has 1 amide bonds. The highest BCUT2D eigenvalue weighted by Gasteiger charge is 2.24. The average molecular weight is 309 g/mol. The molecule has 0 radical (unpaired) electrons. The zero-order valence-electron chi connectivity index (χ0n) is 13.0. The third-order valence-corrected chi connectivity index (χ3v) is 4.21. The van der Waals surface area contributed by atoms with Crippen LogP contribution in [-0.2, 0) is 22.4 Å². The van der Waals surface area contributed by atoms with Crippen LogP contribution in [0.5, 0.6) is 0 Å². The van der Waals surface area contributed by atoms with Gasteiger partial charge in [-0.25, -0.2) is 4.79 Å². The van der Waals surface area contributed by atoms with Crippen LogP contribution in [-0.4, -0.2) is 19.0 Å². The van der Waals surface area contributed by atoms with Crippen molar-refractivity contribution in [3.63, 3.8) is 0 Å². The number of hydrogen-bond donors (Lipinski definition) is 1. The summed E-state index contributed by atoms with van der Waals surface area (Å²) in [6.07, 6.45) is 3.22. The lowest BCUT2D eigenvalue weighted by molar-refractivity contribution is -0.143. The van der Waals surface area contributed by atoms with Crippen molar-refractivity contribution in [2.75, 3.05) is 7.11 Å². The van der Waals surface area contributed by atoms with Gasteiger partial charge in [0, 0.05) is 5.56 Å². The molecule has 1 aliphatic rings. The standard InChI is InChI=1S/C19H19NO3/c1-23-19(22)17(14-6-3-2-4-7-14)20-18(21)16-11-10-13-8-5-9-15(13)12-16/h2-4,6-7,10-12,17H,5,8-9H2,1H3,(H,20,21)/t17-/m1/s1. The van der Waals surface area contributed by atoms with Crippen molar-refractivity contribution < 1.29 is 14.3 Å². The van der Waals surface area contributed by atoms with Gasteiger partial charge in [0.15, 0.2) is 6.04 Å². The first kappa shape index (κ1) is 15.3. The van der Waals surface area contributed by atoms with Crippen molar-refractivity contribution in [1.29, 1.82) is 0 Å². The minimum Gasteiger partial charge on any atom is -0.467 e. The molecular weight excluding hydrogens is 290 g/mol. The number of ether oxygens (including phenoxy) is 1. The zero-order chi connectivity index (χ0) is 16.2. The molecule has 1 N–H and O–H groups in total. The largest absolute Gasteiger partial charge is 0.467 e. The third kappa shape index (κ3) is 3.26. The van der Waals surface area contributed by atoms with Gasteiger partial charge in [-0.05, 0) is 48.1 Å². The predicted octanol–water partition coefficient (Wildman–Crippen LogP) is 2.82. The van der Waals surface area contributed by atoms with Gasteiger partial charge in [-0.1, -0.05) is 36.4 Å². The fourth-order valence-corrected chi connectivity index (χ4v) is 2.97. The van der Waals surface area contributed by atoms with Crippen molar-refractivity contribution >= 4 is 11.9 Å². The fourth-order valence-electron chi connectivity index (χ4n) is 2.97. The molecule has 0 aromatic heterocycles. The van der Waals surface area contributed by atoms with Crippen molar-refractivity contribution in [3.05, 3.63) is 70.8 Å². The summed E-state index contributed by atoms with van der Waals surface area (Å²) in [5.41, 5.74) is 3.82. The molecular formula is C19H19NO3. The van der Waals surface area contributed by atoms with Crippen LogP contribution in [0.4, 0.5) is 0 Å². The second kappa shape index (κ2) is 6.65. The van der Waals surface area contributed by atoms with Gasteiger partial charge in [-0.3, -0.25) is 4.79 Å². The van der Waals surface area contributed by atoms with E-state index in [2.05, 4.69) is 5.32 Å². The highest BCUT2D eigenvalue weighted by molar-refractivity contribution is 5.97. The van der Waals surface area contributed by atoms with E-state index in [-0.39, 0.29) is 5.91 Å². The summed E-state index contributed by atoms with van der Waals surface area (Å²) in [5.74, 6) is -0.746. The number of benzene rings is 2. The normalized spacial score (nSPS) is 14.0. The minimum atomic E-state index is -0.804. The molecule has 1 atom stereocenters. The number of aryl methyl sites for hydroxylation is 2. The van der Waals surface area contributed by atoms with E-state index in [0.29, 0.717) is 11.1 Å². The van der Waals surface area contributed by atoms with Crippen LogP contribution in [0.2, 0.25) is 0 Å². The highest BCUT2D eigenvalue weighted by Crippen LogP contribution is 2.23. The Kier molecular flexibility index (Phi) is 4.42. The van der Waals surface area contributed by atoms with Crippen LogP contribution < -0.4 is 5.32 Å². The first-order valence-corrected chi connectivity index (χ1v) is 7.74. The van der Waals surface area contributed by atoms with Gasteiger partial charge >= 0.3 is 5.97 Å². The number of carbonyl (C=O) groups excluding carboxylic acids is 2. The number of fused-ring (bicyclic) bond motifs is 1. The molecule has 0 bridgehead atoms. The summed E-state index contributed by atoms with van der Waals surface area (Å²) in [6.45, 7) is 0. The molecule has 0 aliphatic heterocycles. The fraction of sp³-hybridized carbons (Fsp3) is 0.263. The molecule has 2 aromatic rings. The van der Waals surface area contributed by atoms with E-state index in [1.165, 1.54) is 18.2 Å². The van der Waals surface area contributed by atoms with Gasteiger partial charge in [-0.15, -0.1) is 0 Å². The summed E-state index contributed by atoms with van der Waals surface area (Å²) in [6, 6.07) is 14.1. The summed E-state index contributed by atoms with van der Waals surface area (Å²) in [4.78, 5) is 24.6. The maximum absolute atomic E-state index is 12.5. The molecule has 0 unspecified atom stereocenters. The van der Waals surface area contributed by atoms with Gasteiger partial charge < -0.3 is 10.1 Å². The Labute approximate surface area is 135 Å². The van der Waals surface area contributed by atoms with E-state index < -0.39 is 12.0 Å². The number of carbonyl (C=O) groups is 2. The van der Waals surface area contributed by atoms with Crippen LogP contribution in [0.25, 0.3) is 0 Å². The van der Waals surface area contributed by atoms with Crippen LogP contribution in [0.3, 0.4) is 0 Å². The molecule has 2 aromatic carbocycles. The Morgan fingerprint density at radius 3 is 2.52 bits per heavy atom. The molecule has 0 saturated heterocycles. The molecule has 23 heavy (non-hydrogen) atoms. The summed E-state index contributed by atoms with van der Waals surface area (Å²) in [5, 5.41) is 2.78. The van der Waals surface area contributed by atoms with Gasteiger partial charge in [0.25, 0.3) is 5.91 Å². The topological polar surface area (TPSA) is 55.4 Å². The van der Waals surface area contributed by atoms with Crippen LogP contribution in [0.1, 0.15) is 39.5 Å². The third-order valence-electron chi connectivity index (χ3n) is 4.21. The van der Waals surface area contributed by atoms with Crippen LogP contribution in [0.15, 0.2) is 48.5 Å². The Balaban J connectivity index is 1.82. The highest BCUT2D eigenvalue weighted by atomic mass is 16.5. The van der Waals surface area contributed by atoms with E-state index in [1.54, 1.807) is 12.1 Å². The average Bonchev–Trinajstić information content (AvgIpc) is 3.07. The number of nitrogens with one attached hydrogen (secondary N) is 1. The lowest BCUT2D eigenvalue weighted by Crippen LogP contribution is -2.34. The van der Waals surface area contributed by atoms with Gasteiger partial charge in [0.1, 0.15) is 0 Å². The van der Waals surface area contributed by atoms with Crippen molar-refractivity contribution in [2.45, 2.75) is 25.3 Å². The number of rotatable bonds is 4. The maximum Gasteiger partial charge on any atom is 0.333 e. The Bertz CT molecular complexity index is 725. The van der Waals surface area contributed by atoms with E-state index in [9.17, 15) is 9.59 Å². The maximum atomic E-state index is 12.5. The van der Waals surface area contributed by atoms with Gasteiger partial charge in [-0.2, -0.15) is 0 Å². The Morgan fingerprint density at radius 2 is 1.78 bits per heavy atom. The first-order chi connectivity index (χ1) is 11.2. The zero-order valence-corrected chi connectivity index (χ0v) is 13.0. The van der Waals surface area contributed by atoms with Crippen molar-refractivity contribution in [1.82, 2.24) is 5.32 Å². The van der Waals surface area contributed by atoms with Crippen LogP contribution in [0, 0.1) is 0 Å². The number of methoxy groups -OCH3 is 1. The van der Waals surface area contributed by atoms with Crippen molar-refractivity contribution in [2.24, 2.45) is 0 Å². The van der Waals surface area contributed by atoms with Crippen molar-refractivity contribution in [3.8, 4) is 0 Å². The predicted molar refractivity (Wildman–Crippen MR) is 87.1 cm³/mol. The van der Waals surface area contributed by atoms with E-state index >= 15 is 0 Å². The smallest absolute Gasteiger partial charge is 0.333 e. The molecule has 0 saturated carbocycles. The second-order valence-corrected chi connectivity index (χ2v) is 5.68. The Morgan fingerprint density at radius 1 is 1.04 bits per heavy atom. The summed E-state index contributed by atoms with van der Waals surface area (Å²) in [7, 11) is 1.32. The second-order valence-electron chi connectivity index (χ2n) is 5.68. The molecule has 0 spiro atoms. The molecule has 4 nitrogen and oxygen atoms in total. The van der Waals surface area contributed by atoms with E-state index in [0.717, 1.165) is 19.3 Å². The summed E-state index contributed by atoms with van der Waals surface area (Å²) < 4.78 is 4.82. The molecule has 1 aliphatic carbocycles. The SMILES string of the molecule is COC(=O)[C@H](NC(=O)c1ccc2c(c1)CCC2)c1ccccc1. The molecule has 118 valence electrons. The number of esters is 1.